The molecule has 2 rings (SSSR count). The third kappa shape index (κ3) is 3.59. The van der Waals surface area contributed by atoms with Gasteiger partial charge in [0.1, 0.15) is 11.7 Å². The summed E-state index contributed by atoms with van der Waals surface area (Å²) < 4.78 is 15.1. The number of ether oxygens (including phenoxy) is 3. The molecule has 0 N–H and O–H groups in total. The average molecular weight is 317 g/mol. The van der Waals surface area contributed by atoms with Crippen LogP contribution in [0, 0.1) is 5.92 Å². The second kappa shape index (κ2) is 7.58. The Morgan fingerprint density at radius 3 is 2.39 bits per heavy atom. The van der Waals surface area contributed by atoms with E-state index in [9.17, 15) is 9.59 Å². The van der Waals surface area contributed by atoms with E-state index in [1.165, 1.54) is 26.6 Å². The van der Waals surface area contributed by atoms with Gasteiger partial charge in [-0.25, -0.2) is 4.79 Å². The number of hydrogen-bond donors (Lipinski definition) is 0. The normalized spacial score (nSPS) is 19.7. The Morgan fingerprint density at radius 1 is 1.13 bits per heavy atom. The van der Waals surface area contributed by atoms with Crippen molar-refractivity contribution in [2.24, 2.45) is 10.9 Å². The van der Waals surface area contributed by atoms with E-state index in [1.54, 1.807) is 12.1 Å². The van der Waals surface area contributed by atoms with Crippen molar-refractivity contribution < 1.29 is 23.8 Å². The highest BCUT2D eigenvalue weighted by molar-refractivity contribution is 5.99. The number of methoxy groups -OCH3 is 2. The van der Waals surface area contributed by atoms with E-state index >= 15 is 0 Å². The van der Waals surface area contributed by atoms with Crippen molar-refractivity contribution in [3.63, 3.8) is 0 Å². The van der Waals surface area contributed by atoms with Crippen molar-refractivity contribution in [2.75, 3.05) is 20.8 Å². The highest BCUT2D eigenvalue weighted by Gasteiger charge is 2.37. The number of nitrogens with zero attached hydrogens (tertiary/aromatic N) is 1. The van der Waals surface area contributed by atoms with E-state index in [4.69, 9.17) is 14.2 Å². The minimum absolute atomic E-state index is 0.314. The number of benzene rings is 1. The van der Waals surface area contributed by atoms with Crippen LogP contribution in [0.5, 0.6) is 5.75 Å². The standard InChI is InChI=1S/C17H19NO5/c1-4-23-12-7-5-11(6-8-12)15-13(16(19)21-2)9-18-10-14(15)17(20)22-3/h5-10,13,15H,4H2,1-3H3. The van der Waals surface area contributed by atoms with E-state index < -0.39 is 23.8 Å². The molecule has 0 spiro atoms. The van der Waals surface area contributed by atoms with Crippen LogP contribution in [0.1, 0.15) is 18.4 Å². The fourth-order valence-electron chi connectivity index (χ4n) is 2.53. The van der Waals surface area contributed by atoms with Crippen LogP contribution in [0.15, 0.2) is 41.0 Å². The molecule has 6 nitrogen and oxygen atoms in total. The molecule has 1 aromatic carbocycles. The topological polar surface area (TPSA) is 74.2 Å². The predicted octanol–water partition coefficient (Wildman–Crippen LogP) is 2.10. The summed E-state index contributed by atoms with van der Waals surface area (Å²) in [5, 5.41) is 0. The second-order valence-electron chi connectivity index (χ2n) is 4.90. The van der Waals surface area contributed by atoms with Gasteiger partial charge < -0.3 is 14.2 Å². The van der Waals surface area contributed by atoms with Crippen LogP contribution in [0.4, 0.5) is 0 Å². The van der Waals surface area contributed by atoms with Crippen LogP contribution in [0.25, 0.3) is 0 Å². The average Bonchev–Trinajstić information content (AvgIpc) is 2.60. The molecule has 0 saturated carbocycles. The predicted molar refractivity (Wildman–Crippen MR) is 84.4 cm³/mol. The number of carbonyl (C=O) groups is 2. The summed E-state index contributed by atoms with van der Waals surface area (Å²) >= 11 is 0. The maximum Gasteiger partial charge on any atom is 0.335 e. The SMILES string of the molecule is CCOc1ccc(C2C(C(=O)OC)=CN=CC2C(=O)OC)cc1. The van der Waals surface area contributed by atoms with Crippen molar-refractivity contribution >= 4 is 18.2 Å². The second-order valence-corrected chi connectivity index (χ2v) is 4.90. The first-order valence-electron chi connectivity index (χ1n) is 7.24. The lowest BCUT2D eigenvalue weighted by Gasteiger charge is -2.26. The number of carbonyl (C=O) groups excluding carboxylic acids is 2. The molecule has 23 heavy (non-hydrogen) atoms. The van der Waals surface area contributed by atoms with Crippen LogP contribution in [-0.2, 0) is 19.1 Å². The number of aliphatic imine (C=N–C) groups is 1. The Morgan fingerprint density at radius 2 is 1.83 bits per heavy atom. The summed E-state index contributed by atoms with van der Waals surface area (Å²) in [6.45, 7) is 2.46. The van der Waals surface area contributed by atoms with Crippen LogP contribution < -0.4 is 4.74 Å². The molecule has 0 saturated heterocycles. The van der Waals surface area contributed by atoms with Crippen molar-refractivity contribution in [1.29, 1.82) is 0 Å². The summed E-state index contributed by atoms with van der Waals surface area (Å²) in [7, 11) is 2.60. The number of hydrogen-bond acceptors (Lipinski definition) is 6. The molecule has 2 atom stereocenters. The fourth-order valence-corrected chi connectivity index (χ4v) is 2.53. The molecule has 122 valence electrons. The fraction of sp³-hybridized carbons (Fsp3) is 0.353. The molecule has 1 aromatic rings. The highest BCUT2D eigenvalue weighted by Crippen LogP contribution is 2.36. The summed E-state index contributed by atoms with van der Waals surface area (Å²) in [4.78, 5) is 28.1. The van der Waals surface area contributed by atoms with Gasteiger partial charge >= 0.3 is 11.9 Å². The molecule has 0 aliphatic carbocycles. The van der Waals surface area contributed by atoms with E-state index in [0.29, 0.717) is 12.2 Å². The molecule has 0 bridgehead atoms. The molecule has 0 fully saturated rings. The first kappa shape index (κ1) is 16.7. The molecule has 0 aromatic heterocycles. The Kier molecular flexibility index (Phi) is 5.51. The largest absolute Gasteiger partial charge is 0.494 e. The minimum Gasteiger partial charge on any atom is -0.494 e. The molecule has 0 amide bonds. The molecule has 2 unspecified atom stereocenters. The molecular formula is C17H19NO5. The summed E-state index contributed by atoms with van der Waals surface area (Å²) in [6, 6.07) is 7.24. The van der Waals surface area contributed by atoms with Gasteiger partial charge in [0.05, 0.1) is 26.4 Å². The van der Waals surface area contributed by atoms with Crippen molar-refractivity contribution in [2.45, 2.75) is 12.8 Å². The molecule has 1 aliphatic rings. The lowest BCUT2D eigenvalue weighted by Crippen LogP contribution is -2.31. The molecule has 0 radical (unpaired) electrons. The van der Waals surface area contributed by atoms with Crippen LogP contribution >= 0.6 is 0 Å². The van der Waals surface area contributed by atoms with Gasteiger partial charge in [-0.2, -0.15) is 0 Å². The monoisotopic (exact) mass is 317 g/mol. The Bertz CT molecular complexity index is 633. The Labute approximate surface area is 134 Å². The van der Waals surface area contributed by atoms with Gasteiger partial charge in [0.25, 0.3) is 0 Å². The van der Waals surface area contributed by atoms with Crippen LogP contribution in [0.2, 0.25) is 0 Å². The highest BCUT2D eigenvalue weighted by atomic mass is 16.5. The zero-order chi connectivity index (χ0) is 16.8. The van der Waals surface area contributed by atoms with E-state index in [-0.39, 0.29) is 0 Å². The van der Waals surface area contributed by atoms with Gasteiger partial charge in [0.2, 0.25) is 0 Å². The summed E-state index contributed by atoms with van der Waals surface area (Å²) in [5.74, 6) is -1.45. The van der Waals surface area contributed by atoms with E-state index in [2.05, 4.69) is 4.99 Å². The Hall–Kier alpha value is -2.63. The van der Waals surface area contributed by atoms with Crippen LogP contribution in [-0.4, -0.2) is 39.0 Å². The van der Waals surface area contributed by atoms with Gasteiger partial charge in [0, 0.05) is 18.3 Å². The van der Waals surface area contributed by atoms with Crippen molar-refractivity contribution in [3.05, 3.63) is 41.6 Å². The first-order chi connectivity index (χ1) is 11.1. The lowest BCUT2D eigenvalue weighted by molar-refractivity contribution is -0.143. The quantitative estimate of drug-likeness (QED) is 0.778. The van der Waals surface area contributed by atoms with E-state index in [0.717, 1.165) is 11.3 Å². The van der Waals surface area contributed by atoms with Crippen molar-refractivity contribution in [1.82, 2.24) is 0 Å². The number of esters is 2. The zero-order valence-electron chi connectivity index (χ0n) is 13.3. The minimum atomic E-state index is -0.683. The molecule has 6 heteroatoms. The molecule has 1 heterocycles. The zero-order valence-corrected chi connectivity index (χ0v) is 13.3. The maximum absolute atomic E-state index is 12.1. The Balaban J connectivity index is 2.41. The third-order valence-corrected chi connectivity index (χ3v) is 3.60. The lowest BCUT2D eigenvalue weighted by atomic mass is 9.80. The third-order valence-electron chi connectivity index (χ3n) is 3.60. The maximum atomic E-state index is 12.1. The van der Waals surface area contributed by atoms with Crippen LogP contribution in [0.3, 0.4) is 0 Å². The first-order valence-corrected chi connectivity index (χ1v) is 7.24. The van der Waals surface area contributed by atoms with E-state index in [1.807, 2.05) is 19.1 Å². The van der Waals surface area contributed by atoms with Gasteiger partial charge in [-0.1, -0.05) is 12.1 Å². The van der Waals surface area contributed by atoms with Gasteiger partial charge in [-0.05, 0) is 24.6 Å². The number of rotatable bonds is 5. The smallest absolute Gasteiger partial charge is 0.335 e. The van der Waals surface area contributed by atoms with Gasteiger partial charge in [-0.15, -0.1) is 0 Å². The van der Waals surface area contributed by atoms with Crippen molar-refractivity contribution in [3.8, 4) is 5.75 Å². The molecule has 1 aliphatic heterocycles. The van der Waals surface area contributed by atoms with Gasteiger partial charge in [-0.3, -0.25) is 9.79 Å². The summed E-state index contributed by atoms with van der Waals surface area (Å²) in [5.41, 5.74) is 1.10. The summed E-state index contributed by atoms with van der Waals surface area (Å²) in [6.07, 6.45) is 2.91. The van der Waals surface area contributed by atoms with Gasteiger partial charge in [0.15, 0.2) is 0 Å². The molecular weight excluding hydrogens is 298 g/mol.